The van der Waals surface area contributed by atoms with Crippen LogP contribution in [0.5, 0.6) is 0 Å². The average Bonchev–Trinajstić information content (AvgIpc) is 2.35. The second-order valence-corrected chi connectivity index (χ2v) is 4.80. The molecule has 0 spiro atoms. The zero-order valence-corrected chi connectivity index (χ0v) is 9.78. The van der Waals surface area contributed by atoms with E-state index in [0.29, 0.717) is 12.3 Å². The van der Waals surface area contributed by atoms with Gasteiger partial charge in [-0.15, -0.1) is 11.8 Å². The molecule has 0 fully saturated rings. The van der Waals surface area contributed by atoms with E-state index in [-0.39, 0.29) is 0 Å². The molecule has 2 aromatic carbocycles. The molecule has 2 nitrogen and oxygen atoms in total. The maximum absolute atomic E-state index is 9.39. The molecular formula is C13H15NOS. The lowest BCUT2D eigenvalue weighted by Gasteiger charge is -2.07. The van der Waals surface area contributed by atoms with Gasteiger partial charge in [-0.2, -0.15) is 0 Å². The van der Waals surface area contributed by atoms with Gasteiger partial charge in [-0.25, -0.2) is 0 Å². The maximum atomic E-state index is 9.39. The van der Waals surface area contributed by atoms with Crippen LogP contribution in [0.3, 0.4) is 0 Å². The Labute approximate surface area is 99.5 Å². The maximum Gasteiger partial charge on any atom is 0.0756 e. The van der Waals surface area contributed by atoms with Crippen LogP contribution in [-0.2, 0) is 0 Å². The summed E-state index contributed by atoms with van der Waals surface area (Å²) in [5, 5.41) is 11.9. The summed E-state index contributed by atoms with van der Waals surface area (Å²) in [7, 11) is 0. The number of nitrogens with two attached hydrogens (primary N) is 1. The van der Waals surface area contributed by atoms with Crippen molar-refractivity contribution < 1.29 is 5.11 Å². The van der Waals surface area contributed by atoms with E-state index >= 15 is 0 Å². The molecule has 0 bridgehead atoms. The summed E-state index contributed by atoms with van der Waals surface area (Å²) >= 11 is 1.64. The van der Waals surface area contributed by atoms with E-state index in [1.165, 1.54) is 15.7 Å². The highest BCUT2D eigenvalue weighted by Crippen LogP contribution is 2.23. The number of thioether (sulfide) groups is 1. The van der Waals surface area contributed by atoms with Crippen LogP contribution in [0.15, 0.2) is 47.4 Å². The Balaban J connectivity index is 2.13. The topological polar surface area (TPSA) is 46.2 Å². The Hall–Kier alpha value is -1.03. The molecule has 0 heterocycles. The van der Waals surface area contributed by atoms with E-state index in [4.69, 9.17) is 5.73 Å². The molecule has 1 unspecified atom stereocenters. The van der Waals surface area contributed by atoms with Gasteiger partial charge in [0.15, 0.2) is 0 Å². The summed E-state index contributed by atoms with van der Waals surface area (Å²) in [5.74, 6) is 0.648. The first kappa shape index (κ1) is 11.5. The van der Waals surface area contributed by atoms with Crippen molar-refractivity contribution in [3.05, 3.63) is 42.5 Å². The van der Waals surface area contributed by atoms with Crippen LogP contribution in [0.4, 0.5) is 0 Å². The average molecular weight is 233 g/mol. The Morgan fingerprint density at radius 2 is 1.88 bits per heavy atom. The van der Waals surface area contributed by atoms with Crippen LogP contribution in [0.1, 0.15) is 0 Å². The molecule has 0 aromatic heterocycles. The normalized spacial score (nSPS) is 12.9. The van der Waals surface area contributed by atoms with Gasteiger partial charge in [-0.05, 0) is 22.9 Å². The molecule has 0 aliphatic rings. The van der Waals surface area contributed by atoms with Gasteiger partial charge in [-0.3, -0.25) is 0 Å². The molecule has 3 N–H and O–H groups in total. The zero-order chi connectivity index (χ0) is 11.4. The van der Waals surface area contributed by atoms with E-state index in [2.05, 4.69) is 30.3 Å². The molecule has 2 rings (SSSR count). The molecule has 3 heteroatoms. The quantitative estimate of drug-likeness (QED) is 0.796. The second-order valence-electron chi connectivity index (χ2n) is 3.71. The molecule has 1 atom stereocenters. The van der Waals surface area contributed by atoms with Gasteiger partial charge in [0.1, 0.15) is 0 Å². The third kappa shape index (κ3) is 2.76. The first-order chi connectivity index (χ1) is 7.79. The lowest BCUT2D eigenvalue weighted by Crippen LogP contribution is -2.21. The molecular weight excluding hydrogens is 218 g/mol. The number of hydrogen-bond donors (Lipinski definition) is 2. The Bertz CT molecular complexity index is 472. The Morgan fingerprint density at radius 1 is 1.12 bits per heavy atom. The fraction of sp³-hybridized carbons (Fsp3) is 0.231. The van der Waals surface area contributed by atoms with E-state index in [1.807, 2.05) is 12.1 Å². The Kier molecular flexibility index (Phi) is 3.83. The lowest BCUT2D eigenvalue weighted by molar-refractivity contribution is 0.208. The predicted octanol–water partition coefficient (Wildman–Crippen LogP) is 2.25. The first-order valence-corrected chi connectivity index (χ1v) is 6.28. The first-order valence-electron chi connectivity index (χ1n) is 5.29. The smallest absolute Gasteiger partial charge is 0.0756 e. The molecule has 2 aromatic rings. The fourth-order valence-corrected chi connectivity index (χ4v) is 2.41. The summed E-state index contributed by atoms with van der Waals surface area (Å²) in [6.45, 7) is 0.320. The van der Waals surface area contributed by atoms with Gasteiger partial charge in [-0.1, -0.05) is 30.3 Å². The number of aliphatic hydroxyl groups is 1. The molecule has 0 aliphatic carbocycles. The van der Waals surface area contributed by atoms with Gasteiger partial charge >= 0.3 is 0 Å². The van der Waals surface area contributed by atoms with Crippen LogP contribution < -0.4 is 5.73 Å². The fourth-order valence-electron chi connectivity index (χ4n) is 1.52. The van der Waals surface area contributed by atoms with Crippen molar-refractivity contribution in [3.8, 4) is 0 Å². The summed E-state index contributed by atoms with van der Waals surface area (Å²) in [4.78, 5) is 1.17. The standard InChI is InChI=1S/C13H15NOS/c14-8-12(15)9-16-13-6-5-10-3-1-2-4-11(10)7-13/h1-7,12,15H,8-9,14H2. The number of aliphatic hydroxyl groups excluding tert-OH is 1. The molecule has 0 saturated carbocycles. The van der Waals surface area contributed by atoms with Crippen molar-refractivity contribution in [2.75, 3.05) is 12.3 Å². The molecule has 84 valence electrons. The number of hydrogen-bond acceptors (Lipinski definition) is 3. The Morgan fingerprint density at radius 3 is 2.62 bits per heavy atom. The summed E-state index contributed by atoms with van der Waals surface area (Å²) in [6.07, 6.45) is -0.420. The monoisotopic (exact) mass is 233 g/mol. The third-order valence-corrected chi connectivity index (χ3v) is 3.57. The third-order valence-electron chi connectivity index (χ3n) is 2.44. The SMILES string of the molecule is NCC(O)CSc1ccc2ccccc2c1. The second kappa shape index (κ2) is 5.34. The van der Waals surface area contributed by atoms with Gasteiger partial charge in [0.25, 0.3) is 0 Å². The zero-order valence-electron chi connectivity index (χ0n) is 8.97. The van der Waals surface area contributed by atoms with E-state index < -0.39 is 6.10 Å². The molecule has 0 aliphatic heterocycles. The summed E-state index contributed by atoms with van der Waals surface area (Å²) in [5.41, 5.74) is 5.36. The number of fused-ring (bicyclic) bond motifs is 1. The van der Waals surface area contributed by atoms with Crippen molar-refractivity contribution in [2.24, 2.45) is 5.73 Å². The van der Waals surface area contributed by atoms with E-state index in [1.54, 1.807) is 11.8 Å². The number of benzene rings is 2. The van der Waals surface area contributed by atoms with E-state index in [0.717, 1.165) is 0 Å². The van der Waals surface area contributed by atoms with Crippen molar-refractivity contribution in [2.45, 2.75) is 11.0 Å². The molecule has 16 heavy (non-hydrogen) atoms. The van der Waals surface area contributed by atoms with Gasteiger partial charge < -0.3 is 10.8 Å². The van der Waals surface area contributed by atoms with Gasteiger partial charge in [0, 0.05) is 17.2 Å². The summed E-state index contributed by atoms with van der Waals surface area (Å²) in [6, 6.07) is 14.6. The van der Waals surface area contributed by atoms with Crippen molar-refractivity contribution in [3.63, 3.8) is 0 Å². The van der Waals surface area contributed by atoms with Crippen LogP contribution >= 0.6 is 11.8 Å². The minimum atomic E-state index is -0.420. The molecule has 0 radical (unpaired) electrons. The number of rotatable bonds is 4. The predicted molar refractivity (Wildman–Crippen MR) is 69.7 cm³/mol. The van der Waals surface area contributed by atoms with Crippen LogP contribution in [0, 0.1) is 0 Å². The highest BCUT2D eigenvalue weighted by Gasteiger charge is 2.02. The minimum absolute atomic E-state index is 0.320. The lowest BCUT2D eigenvalue weighted by atomic mass is 10.1. The highest BCUT2D eigenvalue weighted by molar-refractivity contribution is 7.99. The van der Waals surface area contributed by atoms with Crippen molar-refractivity contribution >= 4 is 22.5 Å². The largest absolute Gasteiger partial charge is 0.391 e. The highest BCUT2D eigenvalue weighted by atomic mass is 32.2. The minimum Gasteiger partial charge on any atom is -0.391 e. The summed E-state index contributed by atoms with van der Waals surface area (Å²) < 4.78 is 0. The molecule has 0 saturated heterocycles. The van der Waals surface area contributed by atoms with Crippen molar-refractivity contribution in [1.82, 2.24) is 0 Å². The van der Waals surface area contributed by atoms with Gasteiger partial charge in [0.2, 0.25) is 0 Å². The van der Waals surface area contributed by atoms with Gasteiger partial charge in [0.05, 0.1) is 6.10 Å². The van der Waals surface area contributed by atoms with Crippen LogP contribution in [0.2, 0.25) is 0 Å². The van der Waals surface area contributed by atoms with Crippen molar-refractivity contribution in [1.29, 1.82) is 0 Å². The van der Waals surface area contributed by atoms with Crippen LogP contribution in [-0.4, -0.2) is 23.5 Å². The van der Waals surface area contributed by atoms with E-state index in [9.17, 15) is 5.11 Å². The molecule has 0 amide bonds. The van der Waals surface area contributed by atoms with Crippen LogP contribution in [0.25, 0.3) is 10.8 Å².